The Hall–Kier alpha value is -1.04. The molecule has 2 N–H and O–H groups in total. The fourth-order valence-electron chi connectivity index (χ4n) is 1.83. The van der Waals surface area contributed by atoms with E-state index in [4.69, 9.17) is 10.5 Å². The number of benzene rings is 2. The first-order valence-electron chi connectivity index (χ1n) is 6.07. The lowest BCUT2D eigenvalue weighted by atomic mass is 10.1. The van der Waals surface area contributed by atoms with Crippen LogP contribution in [0.1, 0.15) is 11.6 Å². The molecular weight excluding hydrogens is 341 g/mol. The van der Waals surface area contributed by atoms with Gasteiger partial charge in [0.25, 0.3) is 0 Å². The lowest BCUT2D eigenvalue weighted by molar-refractivity contribution is 0.405. The summed E-state index contributed by atoms with van der Waals surface area (Å²) < 4.78 is 19.6. The second kappa shape index (κ2) is 7.11. The molecule has 0 aliphatic rings. The van der Waals surface area contributed by atoms with Gasteiger partial charge in [0.05, 0.1) is 7.11 Å². The SMILES string of the molecule is COc1ccc(F)cc1C(N)CSc1cccc(Br)c1. The largest absolute Gasteiger partial charge is 0.496 e. The molecule has 1 atom stereocenters. The summed E-state index contributed by atoms with van der Waals surface area (Å²) in [6.45, 7) is 0. The van der Waals surface area contributed by atoms with Crippen molar-refractivity contribution in [2.45, 2.75) is 10.9 Å². The summed E-state index contributed by atoms with van der Waals surface area (Å²) in [6, 6.07) is 12.1. The molecule has 0 aliphatic carbocycles. The van der Waals surface area contributed by atoms with Gasteiger partial charge in [-0.25, -0.2) is 4.39 Å². The van der Waals surface area contributed by atoms with Crippen LogP contribution >= 0.6 is 27.7 Å². The lowest BCUT2D eigenvalue weighted by Gasteiger charge is -2.15. The second-order valence-corrected chi connectivity index (χ2v) is 6.27. The third-order valence-electron chi connectivity index (χ3n) is 2.82. The minimum atomic E-state index is -0.302. The lowest BCUT2D eigenvalue weighted by Crippen LogP contribution is -2.14. The topological polar surface area (TPSA) is 35.2 Å². The fraction of sp³-hybridized carbons (Fsp3) is 0.200. The molecule has 2 aromatic rings. The van der Waals surface area contributed by atoms with Crippen molar-refractivity contribution in [1.82, 2.24) is 0 Å². The van der Waals surface area contributed by atoms with Crippen LogP contribution in [-0.4, -0.2) is 12.9 Å². The predicted molar refractivity (Wildman–Crippen MR) is 84.7 cm³/mol. The highest BCUT2D eigenvalue weighted by atomic mass is 79.9. The Balaban J connectivity index is 2.08. The quantitative estimate of drug-likeness (QED) is 0.807. The first-order valence-corrected chi connectivity index (χ1v) is 7.85. The highest BCUT2D eigenvalue weighted by Gasteiger charge is 2.13. The van der Waals surface area contributed by atoms with Crippen LogP contribution in [0.4, 0.5) is 4.39 Å². The van der Waals surface area contributed by atoms with Crippen LogP contribution in [0.25, 0.3) is 0 Å². The van der Waals surface area contributed by atoms with E-state index in [1.165, 1.54) is 12.1 Å². The zero-order chi connectivity index (χ0) is 14.5. The van der Waals surface area contributed by atoms with Crippen LogP contribution in [0.15, 0.2) is 51.8 Å². The summed E-state index contributed by atoms with van der Waals surface area (Å²) in [5.41, 5.74) is 6.84. The van der Waals surface area contributed by atoms with Crippen molar-refractivity contribution in [2.75, 3.05) is 12.9 Å². The number of nitrogens with two attached hydrogens (primary N) is 1. The molecular formula is C15H15BrFNOS. The van der Waals surface area contributed by atoms with Crippen LogP contribution in [0.3, 0.4) is 0 Å². The molecule has 2 rings (SSSR count). The van der Waals surface area contributed by atoms with Crippen molar-refractivity contribution in [2.24, 2.45) is 5.73 Å². The van der Waals surface area contributed by atoms with E-state index >= 15 is 0 Å². The van der Waals surface area contributed by atoms with Gasteiger partial charge in [0.15, 0.2) is 0 Å². The second-order valence-electron chi connectivity index (χ2n) is 4.26. The molecule has 0 spiro atoms. The van der Waals surface area contributed by atoms with Crippen LogP contribution < -0.4 is 10.5 Å². The summed E-state index contributed by atoms with van der Waals surface area (Å²) in [5.74, 6) is 0.966. The van der Waals surface area contributed by atoms with Crippen LogP contribution in [0, 0.1) is 5.82 Å². The molecule has 0 bridgehead atoms. The maximum absolute atomic E-state index is 13.3. The third-order valence-corrected chi connectivity index (χ3v) is 4.42. The molecule has 0 heterocycles. The molecule has 0 saturated heterocycles. The van der Waals surface area contributed by atoms with Crippen molar-refractivity contribution < 1.29 is 9.13 Å². The summed E-state index contributed by atoms with van der Waals surface area (Å²) >= 11 is 5.06. The normalized spacial score (nSPS) is 12.2. The Bertz CT molecular complexity index is 594. The number of hydrogen-bond acceptors (Lipinski definition) is 3. The number of methoxy groups -OCH3 is 1. The first kappa shape index (κ1) is 15.4. The predicted octanol–water partition coefficient (Wildman–Crippen LogP) is 4.39. The molecule has 1 unspecified atom stereocenters. The standard InChI is InChI=1S/C15H15BrFNOS/c1-19-15-6-5-11(17)8-13(15)14(18)9-20-12-4-2-3-10(16)7-12/h2-8,14H,9,18H2,1H3. The summed E-state index contributed by atoms with van der Waals surface area (Å²) in [5, 5.41) is 0. The Morgan fingerprint density at radius 2 is 2.10 bits per heavy atom. The zero-order valence-electron chi connectivity index (χ0n) is 11.0. The van der Waals surface area contributed by atoms with Crippen LogP contribution in [0.5, 0.6) is 5.75 Å². The van der Waals surface area contributed by atoms with Crippen molar-refractivity contribution in [3.8, 4) is 5.75 Å². The number of hydrogen-bond donors (Lipinski definition) is 1. The van der Waals surface area contributed by atoms with E-state index < -0.39 is 0 Å². The van der Waals surface area contributed by atoms with Crippen molar-refractivity contribution in [3.05, 3.63) is 58.3 Å². The third kappa shape index (κ3) is 3.98. The Labute approximate surface area is 130 Å². The molecule has 0 radical (unpaired) electrons. The maximum atomic E-state index is 13.3. The van der Waals surface area contributed by atoms with Gasteiger partial charge < -0.3 is 10.5 Å². The first-order chi connectivity index (χ1) is 9.60. The molecule has 0 aliphatic heterocycles. The van der Waals surface area contributed by atoms with E-state index in [-0.39, 0.29) is 11.9 Å². The molecule has 20 heavy (non-hydrogen) atoms. The Morgan fingerprint density at radius 1 is 1.30 bits per heavy atom. The number of thioether (sulfide) groups is 1. The summed E-state index contributed by atoms with van der Waals surface area (Å²) in [7, 11) is 1.56. The number of rotatable bonds is 5. The molecule has 2 aromatic carbocycles. The molecule has 2 nitrogen and oxygen atoms in total. The smallest absolute Gasteiger partial charge is 0.123 e. The van der Waals surface area contributed by atoms with Gasteiger partial charge in [-0.1, -0.05) is 22.0 Å². The van der Waals surface area contributed by atoms with Gasteiger partial charge in [-0.3, -0.25) is 0 Å². The monoisotopic (exact) mass is 355 g/mol. The molecule has 0 saturated carbocycles. The molecule has 5 heteroatoms. The van der Waals surface area contributed by atoms with Gasteiger partial charge >= 0.3 is 0 Å². The van der Waals surface area contributed by atoms with Crippen LogP contribution in [0.2, 0.25) is 0 Å². The Morgan fingerprint density at radius 3 is 2.80 bits per heavy atom. The molecule has 0 amide bonds. The molecule has 106 valence electrons. The summed E-state index contributed by atoms with van der Waals surface area (Å²) in [4.78, 5) is 1.12. The summed E-state index contributed by atoms with van der Waals surface area (Å²) in [6.07, 6.45) is 0. The molecule has 0 aromatic heterocycles. The highest BCUT2D eigenvalue weighted by molar-refractivity contribution is 9.10. The minimum Gasteiger partial charge on any atom is -0.496 e. The number of ether oxygens (including phenoxy) is 1. The fourth-order valence-corrected chi connectivity index (χ4v) is 3.31. The van der Waals surface area contributed by atoms with E-state index in [0.717, 1.165) is 9.37 Å². The van der Waals surface area contributed by atoms with Crippen molar-refractivity contribution in [1.29, 1.82) is 0 Å². The number of halogens is 2. The van der Waals surface area contributed by atoms with E-state index in [0.29, 0.717) is 17.1 Å². The average molecular weight is 356 g/mol. The zero-order valence-corrected chi connectivity index (χ0v) is 13.4. The van der Waals surface area contributed by atoms with Gasteiger partial charge in [-0.2, -0.15) is 0 Å². The van der Waals surface area contributed by atoms with Crippen LogP contribution in [-0.2, 0) is 0 Å². The van der Waals surface area contributed by atoms with E-state index in [9.17, 15) is 4.39 Å². The van der Waals surface area contributed by atoms with Gasteiger partial charge in [0.1, 0.15) is 11.6 Å². The van der Waals surface area contributed by atoms with E-state index in [1.807, 2.05) is 24.3 Å². The maximum Gasteiger partial charge on any atom is 0.123 e. The van der Waals surface area contributed by atoms with Gasteiger partial charge in [-0.05, 0) is 36.4 Å². The van der Waals surface area contributed by atoms with Crippen molar-refractivity contribution in [3.63, 3.8) is 0 Å². The highest BCUT2D eigenvalue weighted by Crippen LogP contribution is 2.30. The van der Waals surface area contributed by atoms with Gasteiger partial charge in [0.2, 0.25) is 0 Å². The Kier molecular flexibility index (Phi) is 5.46. The van der Waals surface area contributed by atoms with Crippen molar-refractivity contribution >= 4 is 27.7 Å². The van der Waals surface area contributed by atoms with E-state index in [1.54, 1.807) is 24.9 Å². The van der Waals surface area contributed by atoms with Gasteiger partial charge in [-0.15, -0.1) is 11.8 Å². The average Bonchev–Trinajstić information content (AvgIpc) is 2.45. The molecule has 0 fully saturated rings. The van der Waals surface area contributed by atoms with Gasteiger partial charge in [0, 0.05) is 26.7 Å². The minimum absolute atomic E-state index is 0.287. The van der Waals surface area contributed by atoms with E-state index in [2.05, 4.69) is 15.9 Å².